The summed E-state index contributed by atoms with van der Waals surface area (Å²) in [6.45, 7) is 5.09. The van der Waals surface area contributed by atoms with Crippen molar-refractivity contribution in [1.82, 2.24) is 0 Å². The Kier molecular flexibility index (Phi) is 4.10. The molecule has 4 heteroatoms. The fraction of sp³-hybridized carbons (Fsp3) is 0.100. The van der Waals surface area contributed by atoms with E-state index in [4.69, 9.17) is 4.18 Å². The molecule has 1 aromatic carbocycles. The van der Waals surface area contributed by atoms with Gasteiger partial charge in [0.2, 0.25) is 0 Å². The molecule has 0 atom stereocenters. The lowest BCUT2D eigenvalue weighted by atomic mass is 10.4. The molecule has 0 N–H and O–H groups in total. The first kappa shape index (κ1) is 11.2. The molecule has 0 aromatic heterocycles. The monoisotopic (exact) mass is 226 g/mol. The SMILES string of the molecule is C=C(C)C(=O)OSc1ccc(S)cc1. The maximum Gasteiger partial charge on any atom is 0.345 e. The molecule has 0 aliphatic rings. The van der Waals surface area contributed by atoms with Crippen molar-refractivity contribution in [2.45, 2.75) is 16.7 Å². The van der Waals surface area contributed by atoms with Crippen molar-refractivity contribution in [3.05, 3.63) is 36.4 Å². The van der Waals surface area contributed by atoms with Crippen molar-refractivity contribution in [2.24, 2.45) is 0 Å². The maximum atomic E-state index is 11.0. The lowest BCUT2D eigenvalue weighted by Gasteiger charge is -2.01. The van der Waals surface area contributed by atoms with Crippen LogP contribution in [0.25, 0.3) is 0 Å². The molecule has 0 radical (unpaired) electrons. The number of benzene rings is 1. The van der Waals surface area contributed by atoms with Crippen LogP contribution in [0.4, 0.5) is 0 Å². The Morgan fingerprint density at radius 3 is 2.50 bits per heavy atom. The third-order valence-electron chi connectivity index (χ3n) is 1.40. The largest absolute Gasteiger partial charge is 0.383 e. The Morgan fingerprint density at radius 2 is 2.00 bits per heavy atom. The van der Waals surface area contributed by atoms with Gasteiger partial charge in [-0.2, -0.15) is 0 Å². The summed E-state index contributed by atoms with van der Waals surface area (Å²) < 4.78 is 4.88. The number of carbonyl (C=O) groups is 1. The zero-order valence-electron chi connectivity index (χ0n) is 7.69. The zero-order valence-corrected chi connectivity index (χ0v) is 9.40. The van der Waals surface area contributed by atoms with Gasteiger partial charge in [-0.05, 0) is 31.2 Å². The van der Waals surface area contributed by atoms with Crippen molar-refractivity contribution in [3.63, 3.8) is 0 Å². The summed E-state index contributed by atoms with van der Waals surface area (Å²) in [4.78, 5) is 12.8. The normalized spacial score (nSPS) is 9.57. The minimum absolute atomic E-state index is 0.392. The van der Waals surface area contributed by atoms with E-state index in [0.29, 0.717) is 5.57 Å². The number of rotatable bonds is 3. The highest BCUT2D eigenvalue weighted by molar-refractivity contribution is 7.95. The van der Waals surface area contributed by atoms with E-state index in [9.17, 15) is 4.79 Å². The van der Waals surface area contributed by atoms with Gasteiger partial charge in [-0.25, -0.2) is 4.79 Å². The quantitative estimate of drug-likeness (QED) is 0.487. The van der Waals surface area contributed by atoms with Gasteiger partial charge in [0.05, 0.1) is 12.0 Å². The predicted molar refractivity (Wildman–Crippen MR) is 60.5 cm³/mol. The van der Waals surface area contributed by atoms with Crippen LogP contribution in [0, 0.1) is 0 Å². The fourth-order valence-corrected chi connectivity index (χ4v) is 1.37. The lowest BCUT2D eigenvalue weighted by molar-refractivity contribution is -0.128. The van der Waals surface area contributed by atoms with E-state index in [-0.39, 0.29) is 0 Å². The number of hydrogen-bond acceptors (Lipinski definition) is 4. The molecule has 0 fully saturated rings. The van der Waals surface area contributed by atoms with E-state index in [1.807, 2.05) is 24.3 Å². The molecule has 74 valence electrons. The summed E-state index contributed by atoms with van der Waals surface area (Å²) >= 11 is 5.16. The Morgan fingerprint density at radius 1 is 1.43 bits per heavy atom. The van der Waals surface area contributed by atoms with Gasteiger partial charge < -0.3 is 4.18 Å². The predicted octanol–water partition coefficient (Wildman–Crippen LogP) is 3.10. The molecule has 1 aromatic rings. The van der Waals surface area contributed by atoms with Gasteiger partial charge >= 0.3 is 5.97 Å². The van der Waals surface area contributed by atoms with Gasteiger partial charge in [0, 0.05) is 15.4 Å². The summed E-state index contributed by atoms with van der Waals surface area (Å²) in [6, 6.07) is 7.33. The summed E-state index contributed by atoms with van der Waals surface area (Å²) in [6.07, 6.45) is 0. The van der Waals surface area contributed by atoms with Gasteiger partial charge in [-0.15, -0.1) is 12.6 Å². The average Bonchev–Trinajstić information content (AvgIpc) is 2.16. The Labute approximate surface area is 93.0 Å². The van der Waals surface area contributed by atoms with Crippen LogP contribution in [-0.2, 0) is 8.98 Å². The summed E-state index contributed by atoms with van der Waals surface area (Å²) in [5, 5.41) is 0. The van der Waals surface area contributed by atoms with Crippen LogP contribution in [0.1, 0.15) is 6.92 Å². The van der Waals surface area contributed by atoms with E-state index in [1.165, 1.54) is 0 Å². The molecule has 14 heavy (non-hydrogen) atoms. The van der Waals surface area contributed by atoms with Crippen LogP contribution in [-0.4, -0.2) is 5.97 Å². The summed E-state index contributed by atoms with van der Waals surface area (Å²) in [5.74, 6) is -0.398. The first-order chi connectivity index (χ1) is 6.59. The average molecular weight is 226 g/mol. The third kappa shape index (κ3) is 3.47. The smallest absolute Gasteiger partial charge is 0.345 e. The molecule has 0 amide bonds. The highest BCUT2D eigenvalue weighted by atomic mass is 32.2. The number of hydrogen-bond donors (Lipinski definition) is 1. The van der Waals surface area contributed by atoms with Crippen LogP contribution in [0.15, 0.2) is 46.2 Å². The first-order valence-corrected chi connectivity index (χ1v) is 5.12. The highest BCUT2D eigenvalue weighted by Crippen LogP contribution is 2.21. The minimum Gasteiger partial charge on any atom is -0.383 e. The van der Waals surface area contributed by atoms with Crippen LogP contribution in [0.2, 0.25) is 0 Å². The standard InChI is InChI=1S/C10H10O2S2/c1-7(2)10(11)12-14-9-5-3-8(13)4-6-9/h3-6,13H,1H2,2H3. The first-order valence-electron chi connectivity index (χ1n) is 3.93. The Balaban J connectivity index is 2.50. The highest BCUT2D eigenvalue weighted by Gasteiger charge is 2.04. The number of thiol groups is 1. The summed E-state index contributed by atoms with van der Waals surface area (Å²) in [7, 11) is 0. The van der Waals surface area contributed by atoms with Crippen molar-refractivity contribution in [1.29, 1.82) is 0 Å². The molecule has 0 bridgehead atoms. The number of carbonyl (C=O) groups excluding carboxylic acids is 1. The van der Waals surface area contributed by atoms with E-state index >= 15 is 0 Å². The van der Waals surface area contributed by atoms with Crippen LogP contribution in [0.3, 0.4) is 0 Å². The van der Waals surface area contributed by atoms with Crippen molar-refractivity contribution in [2.75, 3.05) is 0 Å². The molecule has 0 saturated carbocycles. The maximum absolute atomic E-state index is 11.0. The van der Waals surface area contributed by atoms with Crippen LogP contribution < -0.4 is 0 Å². The molecule has 0 aliphatic heterocycles. The fourth-order valence-electron chi connectivity index (χ4n) is 0.659. The Bertz CT molecular complexity index is 344. The van der Waals surface area contributed by atoms with Crippen molar-refractivity contribution in [3.8, 4) is 0 Å². The minimum atomic E-state index is -0.398. The lowest BCUT2D eigenvalue weighted by Crippen LogP contribution is -1.98. The van der Waals surface area contributed by atoms with Gasteiger partial charge in [0.15, 0.2) is 0 Å². The molecule has 0 unspecified atom stereocenters. The zero-order chi connectivity index (χ0) is 10.6. The second kappa shape index (κ2) is 5.12. The third-order valence-corrected chi connectivity index (χ3v) is 2.40. The molecule has 1 rings (SSSR count). The molecule has 0 spiro atoms. The van der Waals surface area contributed by atoms with Gasteiger partial charge in [0.25, 0.3) is 0 Å². The molecule has 0 aliphatic carbocycles. The van der Waals surface area contributed by atoms with E-state index in [0.717, 1.165) is 21.8 Å². The molecule has 2 nitrogen and oxygen atoms in total. The molecule has 0 saturated heterocycles. The second-order valence-electron chi connectivity index (χ2n) is 2.73. The Hall–Kier alpha value is -0.870. The summed E-state index contributed by atoms with van der Waals surface area (Å²) in [5.41, 5.74) is 0.392. The van der Waals surface area contributed by atoms with Crippen LogP contribution in [0.5, 0.6) is 0 Å². The topological polar surface area (TPSA) is 26.3 Å². The van der Waals surface area contributed by atoms with Crippen molar-refractivity contribution < 1.29 is 8.98 Å². The second-order valence-corrected chi connectivity index (χ2v) is 4.05. The van der Waals surface area contributed by atoms with Gasteiger partial charge in [0.1, 0.15) is 0 Å². The molecular formula is C10H10O2S2. The van der Waals surface area contributed by atoms with Gasteiger partial charge in [-0.1, -0.05) is 6.58 Å². The van der Waals surface area contributed by atoms with E-state index in [1.54, 1.807) is 6.92 Å². The van der Waals surface area contributed by atoms with Gasteiger partial charge in [-0.3, -0.25) is 0 Å². The van der Waals surface area contributed by atoms with Crippen LogP contribution >= 0.6 is 24.7 Å². The van der Waals surface area contributed by atoms with Crippen molar-refractivity contribution >= 4 is 30.6 Å². The molecular weight excluding hydrogens is 216 g/mol. The van der Waals surface area contributed by atoms with E-state index in [2.05, 4.69) is 19.2 Å². The molecule has 0 heterocycles. The van der Waals surface area contributed by atoms with E-state index < -0.39 is 5.97 Å².